The van der Waals surface area contributed by atoms with Gasteiger partial charge in [0.1, 0.15) is 6.04 Å². The number of piperidine rings is 1. The number of nitrogens with zero attached hydrogens (tertiary/aromatic N) is 3. The van der Waals surface area contributed by atoms with Gasteiger partial charge in [-0.1, -0.05) is 23.2 Å². The van der Waals surface area contributed by atoms with Crippen molar-refractivity contribution in [3.63, 3.8) is 0 Å². The van der Waals surface area contributed by atoms with Gasteiger partial charge in [0.05, 0.1) is 10.0 Å². The molecule has 0 radical (unpaired) electrons. The van der Waals surface area contributed by atoms with Crippen LogP contribution in [0.25, 0.3) is 11.5 Å². The van der Waals surface area contributed by atoms with Crippen molar-refractivity contribution >= 4 is 52.0 Å². The molecule has 0 saturated carbocycles. The first kappa shape index (κ1) is 21.8. The fourth-order valence-electron chi connectivity index (χ4n) is 3.52. The topological polar surface area (TPSA) is 88.3 Å². The first-order chi connectivity index (χ1) is 15.0. The predicted octanol–water partition coefficient (Wildman–Crippen LogP) is 5.06. The zero-order valence-electron chi connectivity index (χ0n) is 16.5. The summed E-state index contributed by atoms with van der Waals surface area (Å²) in [6.45, 7) is 0.544. The van der Waals surface area contributed by atoms with E-state index in [-0.39, 0.29) is 18.2 Å². The highest BCUT2D eigenvalue weighted by molar-refractivity contribution is 7.08. The number of anilines is 1. The van der Waals surface area contributed by atoms with Crippen molar-refractivity contribution in [1.29, 1.82) is 0 Å². The lowest BCUT2D eigenvalue weighted by molar-refractivity contribution is -0.140. The van der Waals surface area contributed by atoms with E-state index in [9.17, 15) is 9.59 Å². The molecule has 3 aromatic rings. The summed E-state index contributed by atoms with van der Waals surface area (Å²) in [6.07, 6.45) is 2.89. The van der Waals surface area contributed by atoms with Crippen LogP contribution in [0.2, 0.25) is 10.0 Å². The molecule has 2 aromatic heterocycles. The highest BCUT2D eigenvalue weighted by Gasteiger charge is 2.32. The van der Waals surface area contributed by atoms with Crippen molar-refractivity contribution in [1.82, 2.24) is 15.1 Å². The molecule has 2 amide bonds. The Balaban J connectivity index is 1.37. The average molecular weight is 479 g/mol. The summed E-state index contributed by atoms with van der Waals surface area (Å²) in [6, 6.07) is 6.27. The summed E-state index contributed by atoms with van der Waals surface area (Å²) in [4.78, 5) is 27.4. The highest BCUT2D eigenvalue weighted by atomic mass is 35.5. The number of hydrogen-bond donors (Lipinski definition) is 1. The van der Waals surface area contributed by atoms with Crippen LogP contribution in [0.5, 0.6) is 0 Å². The molecule has 4 rings (SSSR count). The van der Waals surface area contributed by atoms with E-state index >= 15 is 0 Å². The molecule has 1 fully saturated rings. The lowest BCUT2D eigenvalue weighted by Crippen LogP contribution is -2.50. The minimum Gasteiger partial charge on any atom is -0.421 e. The summed E-state index contributed by atoms with van der Waals surface area (Å²) in [5.41, 5.74) is 1.41. The van der Waals surface area contributed by atoms with Gasteiger partial charge < -0.3 is 14.6 Å². The summed E-state index contributed by atoms with van der Waals surface area (Å²) < 4.78 is 5.65. The Morgan fingerprint density at radius 2 is 2.06 bits per heavy atom. The van der Waals surface area contributed by atoms with Crippen LogP contribution >= 0.6 is 34.5 Å². The molecule has 162 valence electrons. The van der Waals surface area contributed by atoms with Crippen molar-refractivity contribution in [3.8, 4) is 11.5 Å². The first-order valence-corrected chi connectivity index (χ1v) is 11.6. The largest absolute Gasteiger partial charge is 0.421 e. The maximum atomic E-state index is 12.9. The molecule has 31 heavy (non-hydrogen) atoms. The Morgan fingerprint density at radius 3 is 2.84 bits per heavy atom. The molecule has 1 atom stereocenters. The molecule has 1 N–H and O–H groups in total. The second-order valence-electron chi connectivity index (χ2n) is 7.23. The van der Waals surface area contributed by atoms with Gasteiger partial charge >= 0.3 is 0 Å². The Hall–Kier alpha value is -2.42. The van der Waals surface area contributed by atoms with Crippen molar-refractivity contribution in [2.24, 2.45) is 0 Å². The number of halogens is 2. The number of amides is 2. The van der Waals surface area contributed by atoms with E-state index in [1.807, 2.05) is 16.8 Å². The lowest BCUT2D eigenvalue weighted by atomic mass is 10.0. The van der Waals surface area contributed by atoms with Gasteiger partial charge in [-0.25, -0.2) is 0 Å². The van der Waals surface area contributed by atoms with E-state index in [4.69, 9.17) is 27.6 Å². The summed E-state index contributed by atoms with van der Waals surface area (Å²) in [7, 11) is 0. The van der Waals surface area contributed by atoms with Crippen molar-refractivity contribution in [2.75, 3.05) is 11.9 Å². The third kappa shape index (κ3) is 5.26. The minimum absolute atomic E-state index is 0.107. The first-order valence-electron chi connectivity index (χ1n) is 9.91. The molecule has 1 saturated heterocycles. The number of carbonyl (C=O) groups is 2. The highest BCUT2D eigenvalue weighted by Crippen LogP contribution is 2.26. The van der Waals surface area contributed by atoms with Crippen LogP contribution in [-0.2, 0) is 16.0 Å². The van der Waals surface area contributed by atoms with Crippen molar-refractivity contribution < 1.29 is 14.0 Å². The molecule has 0 aliphatic carbocycles. The average Bonchev–Trinajstić information content (AvgIpc) is 3.46. The number of carbonyl (C=O) groups excluding carboxylic acids is 2. The number of aryl methyl sites for hydroxylation is 1. The predicted molar refractivity (Wildman–Crippen MR) is 120 cm³/mol. The monoisotopic (exact) mass is 478 g/mol. The number of hydrogen-bond acceptors (Lipinski definition) is 6. The third-order valence-electron chi connectivity index (χ3n) is 5.10. The fourth-order valence-corrected chi connectivity index (χ4v) is 4.44. The van der Waals surface area contributed by atoms with Crippen LogP contribution in [-0.4, -0.2) is 39.5 Å². The van der Waals surface area contributed by atoms with Crippen LogP contribution in [0.15, 0.2) is 39.4 Å². The van der Waals surface area contributed by atoms with E-state index in [2.05, 4.69) is 15.5 Å². The lowest BCUT2D eigenvalue weighted by Gasteiger charge is -2.34. The maximum absolute atomic E-state index is 12.9. The Morgan fingerprint density at radius 1 is 1.19 bits per heavy atom. The molecule has 1 aliphatic rings. The van der Waals surface area contributed by atoms with Gasteiger partial charge in [-0.3, -0.25) is 9.59 Å². The van der Waals surface area contributed by atoms with Crippen molar-refractivity contribution in [2.45, 2.75) is 38.1 Å². The van der Waals surface area contributed by atoms with E-state index in [1.165, 1.54) is 0 Å². The van der Waals surface area contributed by atoms with Crippen LogP contribution in [0.3, 0.4) is 0 Å². The number of likely N-dealkylation sites (tertiary alicyclic amines) is 1. The maximum Gasteiger partial charge on any atom is 0.248 e. The molecule has 3 heterocycles. The Labute approximate surface area is 193 Å². The summed E-state index contributed by atoms with van der Waals surface area (Å²) >= 11 is 13.5. The molecular formula is C21H20Cl2N4O3S. The van der Waals surface area contributed by atoms with E-state index < -0.39 is 6.04 Å². The van der Waals surface area contributed by atoms with Gasteiger partial charge in [0.25, 0.3) is 0 Å². The summed E-state index contributed by atoms with van der Waals surface area (Å²) in [5.74, 6) is 0.511. The molecular weight excluding hydrogens is 459 g/mol. The quantitative estimate of drug-likeness (QED) is 0.534. The zero-order chi connectivity index (χ0) is 21.8. The van der Waals surface area contributed by atoms with Gasteiger partial charge in [0, 0.05) is 36.0 Å². The number of thiophene rings is 1. The van der Waals surface area contributed by atoms with Gasteiger partial charge in [0.15, 0.2) is 0 Å². The molecule has 0 spiro atoms. The van der Waals surface area contributed by atoms with Gasteiger partial charge in [-0.15, -0.1) is 10.2 Å². The van der Waals surface area contributed by atoms with E-state index in [0.29, 0.717) is 46.9 Å². The Bertz CT molecular complexity index is 1070. The fraction of sp³-hybridized carbons (Fsp3) is 0.333. The number of rotatable bonds is 6. The van der Waals surface area contributed by atoms with Crippen LogP contribution in [0.4, 0.5) is 5.69 Å². The Kier molecular flexibility index (Phi) is 6.89. The number of aromatic nitrogens is 2. The van der Waals surface area contributed by atoms with Gasteiger partial charge in [0.2, 0.25) is 23.6 Å². The van der Waals surface area contributed by atoms with Crippen molar-refractivity contribution in [3.05, 3.63) is 51.0 Å². The minimum atomic E-state index is -0.528. The third-order valence-corrected chi connectivity index (χ3v) is 6.52. The van der Waals surface area contributed by atoms with Crippen LogP contribution in [0.1, 0.15) is 31.6 Å². The second kappa shape index (κ2) is 9.80. The molecule has 1 aliphatic heterocycles. The molecule has 10 heteroatoms. The number of benzene rings is 1. The van der Waals surface area contributed by atoms with E-state index in [0.717, 1.165) is 18.4 Å². The normalized spacial score (nSPS) is 16.3. The van der Waals surface area contributed by atoms with E-state index in [1.54, 1.807) is 34.4 Å². The smallest absolute Gasteiger partial charge is 0.248 e. The zero-order valence-corrected chi connectivity index (χ0v) is 18.8. The summed E-state index contributed by atoms with van der Waals surface area (Å²) in [5, 5.41) is 15.5. The molecule has 1 unspecified atom stereocenters. The second-order valence-corrected chi connectivity index (χ2v) is 8.82. The van der Waals surface area contributed by atoms with Gasteiger partial charge in [-0.05, 0) is 48.9 Å². The van der Waals surface area contributed by atoms with Gasteiger partial charge in [-0.2, -0.15) is 11.3 Å². The van der Waals surface area contributed by atoms with Crippen LogP contribution < -0.4 is 5.32 Å². The molecule has 0 bridgehead atoms. The standard InChI is InChI=1S/C21H20Cl2N4O3S/c22-15-5-4-14(11-16(15)23)24-20(29)17-3-1-2-9-27(17)19(28)7-6-18-25-26-21(30-18)13-8-10-31-12-13/h4-5,8,10-12,17H,1-3,6-7,9H2,(H,24,29). The molecule has 1 aromatic carbocycles. The number of nitrogens with one attached hydrogen (secondary N) is 1. The van der Waals surface area contributed by atoms with Crippen LogP contribution in [0, 0.1) is 0 Å². The molecule has 7 nitrogen and oxygen atoms in total. The SMILES string of the molecule is O=C(Nc1ccc(Cl)c(Cl)c1)C1CCCCN1C(=O)CCc1nnc(-c2ccsc2)o1.